The monoisotopic (exact) mass is 935 g/mol. The van der Waals surface area contributed by atoms with Crippen molar-refractivity contribution in [1.29, 1.82) is 0 Å². The molecule has 0 saturated heterocycles. The Morgan fingerprint density at radius 2 is 0.672 bits per heavy atom. The standard InChI is InChI=1S/C24BF20.C15H14NO3/c26-5-1(6(27)14(35)21(42)13(5)34)25(2-7(28)15(36)22(43)16(37)8(2)29,3-9(30)17(38)23(44)18(39)10(3)31)4-11(32)19(40)24(45)20(41)12(4)33;1-19-15(18)13-9-5-6-10-16(13)11-14(17)12-7-3-2-4-8-12/h;2-10H,11H2,1H3/q-1;+1. The molecule has 0 unspecified atom stereocenters. The maximum absolute atomic E-state index is 15.4. The van der Waals surface area contributed by atoms with Crippen LogP contribution in [0.5, 0.6) is 0 Å². The van der Waals surface area contributed by atoms with Crippen LogP contribution >= 0.6 is 0 Å². The van der Waals surface area contributed by atoms with Crippen molar-refractivity contribution in [3.63, 3.8) is 0 Å². The van der Waals surface area contributed by atoms with Gasteiger partial charge < -0.3 is 4.74 Å². The zero-order valence-electron chi connectivity index (χ0n) is 30.7. The quantitative estimate of drug-likeness (QED) is 0.0303. The summed E-state index contributed by atoms with van der Waals surface area (Å²) in [5.74, 6) is -71.9. The fourth-order valence-electron chi connectivity index (χ4n) is 6.65. The number of hydrogen-bond donors (Lipinski definition) is 0. The van der Waals surface area contributed by atoms with Gasteiger partial charge in [0.15, 0.2) is 76.0 Å². The zero-order valence-corrected chi connectivity index (χ0v) is 30.7. The highest BCUT2D eigenvalue weighted by Crippen LogP contribution is 2.30. The third-order valence-corrected chi connectivity index (χ3v) is 9.45. The smallest absolute Gasteiger partial charge is 0.403 e. The van der Waals surface area contributed by atoms with E-state index in [-0.39, 0.29) is 12.3 Å². The number of hydrogen-bond acceptors (Lipinski definition) is 3. The molecule has 25 heteroatoms. The first kappa shape index (κ1) is 48.1. The van der Waals surface area contributed by atoms with Gasteiger partial charge in [-0.2, -0.15) is 4.57 Å². The Labute approximate surface area is 342 Å². The highest BCUT2D eigenvalue weighted by molar-refractivity contribution is 7.20. The van der Waals surface area contributed by atoms with Crippen LogP contribution in [-0.2, 0) is 11.3 Å². The number of esters is 1. The van der Waals surface area contributed by atoms with Crippen molar-refractivity contribution < 1.29 is 107 Å². The first-order valence-electron chi connectivity index (χ1n) is 16.8. The normalized spacial score (nSPS) is 11.4. The van der Waals surface area contributed by atoms with Gasteiger partial charge in [0.05, 0.1) is 7.11 Å². The summed E-state index contributed by atoms with van der Waals surface area (Å²) >= 11 is 0. The summed E-state index contributed by atoms with van der Waals surface area (Å²) in [4.78, 5) is 23.7. The number of methoxy groups -OCH3 is 1. The van der Waals surface area contributed by atoms with Gasteiger partial charge in [0.1, 0.15) is 52.7 Å². The predicted octanol–water partition coefficient (Wildman–Crippen LogP) is 7.49. The Morgan fingerprint density at radius 3 is 0.953 bits per heavy atom. The van der Waals surface area contributed by atoms with Crippen molar-refractivity contribution in [3.8, 4) is 0 Å². The van der Waals surface area contributed by atoms with Crippen molar-refractivity contribution >= 4 is 39.7 Å². The molecule has 5 aromatic carbocycles. The number of carbonyl (C=O) groups is 2. The Balaban J connectivity index is 0.000000337. The third kappa shape index (κ3) is 7.54. The van der Waals surface area contributed by atoms with Gasteiger partial charge in [-0.05, 0) is 6.07 Å². The number of ether oxygens (including phenoxy) is 1. The molecule has 0 aliphatic rings. The molecule has 0 fully saturated rings. The molecule has 0 aliphatic carbocycles. The predicted molar refractivity (Wildman–Crippen MR) is 178 cm³/mol. The molecule has 64 heavy (non-hydrogen) atoms. The van der Waals surface area contributed by atoms with Crippen molar-refractivity contribution in [2.24, 2.45) is 0 Å². The van der Waals surface area contributed by atoms with E-state index in [9.17, 15) is 62.3 Å². The fraction of sp³-hybridized carbons (Fsp3) is 0.0513. The molecule has 0 saturated carbocycles. The van der Waals surface area contributed by atoms with Gasteiger partial charge in [-0.1, -0.05) is 30.3 Å². The molecule has 0 spiro atoms. The van der Waals surface area contributed by atoms with Crippen molar-refractivity contribution in [2.75, 3.05) is 7.11 Å². The van der Waals surface area contributed by atoms with Crippen LogP contribution in [0.25, 0.3) is 0 Å². The summed E-state index contributed by atoms with van der Waals surface area (Å²) in [5, 5.41) is 0. The van der Waals surface area contributed by atoms with Crippen LogP contribution in [-0.4, -0.2) is 25.0 Å². The number of nitrogens with zero attached hydrogens (tertiary/aromatic N) is 1. The lowest BCUT2D eigenvalue weighted by molar-refractivity contribution is -0.685. The molecule has 0 atom stereocenters. The van der Waals surface area contributed by atoms with Gasteiger partial charge in [-0.3, -0.25) is 4.79 Å². The van der Waals surface area contributed by atoms with Crippen LogP contribution in [0.3, 0.4) is 0 Å². The van der Waals surface area contributed by atoms with Gasteiger partial charge >= 0.3 is 5.97 Å². The van der Waals surface area contributed by atoms with Crippen LogP contribution in [0, 0.1) is 116 Å². The average Bonchev–Trinajstić information content (AvgIpc) is 3.29. The molecular weight excluding hydrogens is 921 g/mol. The zero-order chi connectivity index (χ0) is 48.0. The van der Waals surface area contributed by atoms with Crippen molar-refractivity contribution in [2.45, 2.75) is 6.54 Å². The Kier molecular flexibility index (Phi) is 13.6. The fourth-order valence-corrected chi connectivity index (χ4v) is 6.65. The minimum Gasteiger partial charge on any atom is -0.461 e. The lowest BCUT2D eigenvalue weighted by Crippen LogP contribution is -2.81. The first-order chi connectivity index (χ1) is 29.9. The topological polar surface area (TPSA) is 47.2 Å². The molecule has 6 aromatic rings. The summed E-state index contributed by atoms with van der Waals surface area (Å²) in [7, 11) is 1.32. The largest absolute Gasteiger partial charge is 0.461 e. The Morgan fingerprint density at radius 1 is 0.406 bits per heavy atom. The van der Waals surface area contributed by atoms with Gasteiger partial charge in [-0.15, -0.1) is 21.9 Å². The second kappa shape index (κ2) is 18.0. The highest BCUT2D eigenvalue weighted by Gasteiger charge is 2.52. The number of Topliss-reactive ketones (excluding diaryl/α,β-unsaturated/α-hetero) is 1. The Hall–Kier alpha value is -6.95. The molecule has 6 rings (SSSR count). The second-order valence-corrected chi connectivity index (χ2v) is 12.8. The minimum atomic E-state index is -7.22. The molecule has 1 heterocycles. The van der Waals surface area contributed by atoms with E-state index in [1.54, 1.807) is 41.1 Å². The van der Waals surface area contributed by atoms with E-state index in [4.69, 9.17) is 4.74 Å². The van der Waals surface area contributed by atoms with E-state index < -0.39 is 150 Å². The number of aromatic nitrogens is 1. The van der Waals surface area contributed by atoms with Crippen molar-refractivity contribution in [3.05, 3.63) is 182 Å². The summed E-state index contributed by atoms with van der Waals surface area (Å²) < 4.78 is 300. The average molecular weight is 935 g/mol. The SMILES string of the molecule is COC(=O)c1cccc[n+]1CC(=O)c1ccccc1.Fc1c(F)c(F)c([B-](c2c(F)c(F)c(F)c(F)c2F)(c2c(F)c(F)c(F)c(F)c2F)c2c(F)c(F)c(F)c(F)c2F)c(F)c1F. The maximum Gasteiger partial charge on any atom is 0.403 e. The number of rotatable bonds is 8. The van der Waals surface area contributed by atoms with E-state index >= 15 is 35.1 Å². The van der Waals surface area contributed by atoms with Gasteiger partial charge in [-0.25, -0.2) is 92.6 Å². The number of benzene rings is 5. The Bertz CT molecular complexity index is 2510. The lowest BCUT2D eigenvalue weighted by atomic mass is 9.12. The molecule has 336 valence electrons. The number of halogens is 20. The highest BCUT2D eigenvalue weighted by atomic mass is 19.2. The summed E-state index contributed by atoms with van der Waals surface area (Å²) in [6.45, 7) is 0.106. The van der Waals surface area contributed by atoms with E-state index in [2.05, 4.69) is 0 Å². The molecule has 1 aromatic heterocycles. The molecular formula is C39H14BF20NO3. The number of pyridine rings is 1. The molecule has 0 bridgehead atoms. The van der Waals surface area contributed by atoms with E-state index in [0.717, 1.165) is 0 Å². The maximum atomic E-state index is 15.4. The van der Waals surface area contributed by atoms with Crippen molar-refractivity contribution in [1.82, 2.24) is 0 Å². The molecule has 0 aliphatic heterocycles. The van der Waals surface area contributed by atoms with Crippen LogP contribution < -0.4 is 26.4 Å². The summed E-state index contributed by atoms with van der Waals surface area (Å²) in [6, 6.07) is 14.1. The number of ketones is 1. The minimum absolute atomic E-state index is 0.0537. The van der Waals surface area contributed by atoms with Gasteiger partial charge in [0, 0.05) is 17.7 Å². The van der Waals surface area contributed by atoms with E-state index in [1.165, 1.54) is 7.11 Å². The summed E-state index contributed by atoms with van der Waals surface area (Å²) in [5.41, 5.74) is -13.4. The molecule has 0 radical (unpaired) electrons. The van der Waals surface area contributed by atoms with Crippen LogP contribution in [0.1, 0.15) is 20.8 Å². The summed E-state index contributed by atoms with van der Waals surface area (Å²) in [6.07, 6.45) is -5.53. The van der Waals surface area contributed by atoms with Gasteiger partial charge in [0.25, 0.3) is 5.69 Å². The van der Waals surface area contributed by atoms with Crippen LogP contribution in [0.4, 0.5) is 87.8 Å². The molecule has 4 nitrogen and oxygen atoms in total. The van der Waals surface area contributed by atoms with E-state index in [0.29, 0.717) is 11.3 Å². The first-order valence-corrected chi connectivity index (χ1v) is 16.8. The van der Waals surface area contributed by atoms with E-state index in [1.807, 2.05) is 18.2 Å². The second-order valence-electron chi connectivity index (χ2n) is 12.8. The number of carbonyl (C=O) groups excluding carboxylic acids is 2. The van der Waals surface area contributed by atoms with Crippen LogP contribution in [0.15, 0.2) is 54.7 Å². The molecule has 0 N–H and O–H groups in total. The molecule has 0 amide bonds. The third-order valence-electron chi connectivity index (χ3n) is 9.45. The van der Waals surface area contributed by atoms with Crippen LogP contribution in [0.2, 0.25) is 0 Å². The van der Waals surface area contributed by atoms with Gasteiger partial charge in [0.2, 0.25) is 12.3 Å². The lowest BCUT2D eigenvalue weighted by Gasteiger charge is -2.44.